The van der Waals surface area contributed by atoms with E-state index in [1.54, 1.807) is 0 Å². The summed E-state index contributed by atoms with van der Waals surface area (Å²) in [4.78, 5) is 4.32. The summed E-state index contributed by atoms with van der Waals surface area (Å²) in [6.45, 7) is 3.99. The zero-order valence-electron chi connectivity index (χ0n) is 9.21. The first-order valence-corrected chi connectivity index (χ1v) is 5.54. The van der Waals surface area contributed by atoms with Crippen molar-refractivity contribution in [2.75, 3.05) is 0 Å². The van der Waals surface area contributed by atoms with E-state index in [0.29, 0.717) is 10.7 Å². The molecule has 0 saturated carbocycles. The molecule has 0 fully saturated rings. The highest BCUT2D eigenvalue weighted by molar-refractivity contribution is 6.31. The molecule has 80 valence electrons. The third-order valence-electron chi connectivity index (χ3n) is 2.81. The van der Waals surface area contributed by atoms with Crippen LogP contribution in [-0.4, -0.2) is 4.98 Å². The van der Waals surface area contributed by atoms with Crippen molar-refractivity contribution in [3.05, 3.63) is 40.0 Å². The number of pyridine rings is 1. The van der Waals surface area contributed by atoms with Gasteiger partial charge in [-0.15, -0.1) is 0 Å². The van der Waals surface area contributed by atoms with Gasteiger partial charge in [0.15, 0.2) is 0 Å². The molecule has 2 nitrogen and oxygen atoms in total. The van der Waals surface area contributed by atoms with Gasteiger partial charge in [-0.2, -0.15) is 5.26 Å². The fraction of sp³-hybridized carbons (Fsp3) is 0.231. The van der Waals surface area contributed by atoms with E-state index in [0.717, 1.165) is 28.5 Å². The Kier molecular flexibility index (Phi) is 2.80. The van der Waals surface area contributed by atoms with Crippen molar-refractivity contribution >= 4 is 22.5 Å². The van der Waals surface area contributed by atoms with Gasteiger partial charge >= 0.3 is 0 Å². The predicted octanol–water partition coefficient (Wildman–Crippen LogP) is 3.63. The first-order valence-electron chi connectivity index (χ1n) is 5.16. The third kappa shape index (κ3) is 1.54. The molecule has 0 radical (unpaired) electrons. The lowest BCUT2D eigenvalue weighted by Crippen LogP contribution is -1.94. The van der Waals surface area contributed by atoms with Gasteiger partial charge in [0.2, 0.25) is 0 Å². The van der Waals surface area contributed by atoms with Crippen LogP contribution in [0.5, 0.6) is 0 Å². The average molecular weight is 231 g/mol. The number of para-hydroxylation sites is 1. The molecular weight excluding hydrogens is 220 g/mol. The van der Waals surface area contributed by atoms with E-state index in [2.05, 4.69) is 18.0 Å². The van der Waals surface area contributed by atoms with Crippen molar-refractivity contribution in [1.29, 1.82) is 5.26 Å². The fourth-order valence-electron chi connectivity index (χ4n) is 1.88. The molecule has 0 unspecified atom stereocenters. The Morgan fingerprint density at radius 1 is 1.44 bits per heavy atom. The molecule has 0 saturated heterocycles. The number of aryl methyl sites for hydroxylation is 2. The summed E-state index contributed by atoms with van der Waals surface area (Å²) in [7, 11) is 0. The third-order valence-corrected chi connectivity index (χ3v) is 3.08. The predicted molar refractivity (Wildman–Crippen MR) is 65.6 cm³/mol. The number of hydrogen-bond donors (Lipinski definition) is 0. The highest BCUT2D eigenvalue weighted by Crippen LogP contribution is 2.27. The van der Waals surface area contributed by atoms with Crippen molar-refractivity contribution in [1.82, 2.24) is 4.98 Å². The van der Waals surface area contributed by atoms with E-state index < -0.39 is 0 Å². The minimum Gasteiger partial charge on any atom is -0.234 e. The molecule has 0 aliphatic heterocycles. The van der Waals surface area contributed by atoms with E-state index in [1.165, 1.54) is 0 Å². The van der Waals surface area contributed by atoms with Crippen LogP contribution < -0.4 is 0 Å². The minimum absolute atomic E-state index is 0.299. The fourth-order valence-corrected chi connectivity index (χ4v) is 2.15. The van der Waals surface area contributed by atoms with Crippen LogP contribution in [0.3, 0.4) is 0 Å². The van der Waals surface area contributed by atoms with Gasteiger partial charge in [0.1, 0.15) is 11.2 Å². The molecule has 1 aromatic carbocycles. The first-order chi connectivity index (χ1) is 7.69. The van der Waals surface area contributed by atoms with Gasteiger partial charge in [-0.1, -0.05) is 36.7 Å². The van der Waals surface area contributed by atoms with Crippen molar-refractivity contribution < 1.29 is 0 Å². The van der Waals surface area contributed by atoms with E-state index in [1.807, 2.05) is 25.1 Å². The summed E-state index contributed by atoms with van der Waals surface area (Å²) in [5.41, 5.74) is 3.45. The molecule has 0 aliphatic rings. The average Bonchev–Trinajstić information content (AvgIpc) is 2.29. The van der Waals surface area contributed by atoms with Crippen molar-refractivity contribution in [3.8, 4) is 6.07 Å². The van der Waals surface area contributed by atoms with Crippen LogP contribution in [0.15, 0.2) is 18.2 Å². The first kappa shape index (κ1) is 10.9. The monoisotopic (exact) mass is 230 g/mol. The molecule has 16 heavy (non-hydrogen) atoms. The molecular formula is C13H11ClN2. The summed E-state index contributed by atoms with van der Waals surface area (Å²) in [5, 5.41) is 10.3. The summed E-state index contributed by atoms with van der Waals surface area (Å²) >= 11 is 6.00. The summed E-state index contributed by atoms with van der Waals surface area (Å²) < 4.78 is 0. The second-order valence-electron chi connectivity index (χ2n) is 3.68. The van der Waals surface area contributed by atoms with Gasteiger partial charge in [-0.3, -0.25) is 0 Å². The van der Waals surface area contributed by atoms with Crippen LogP contribution in [-0.2, 0) is 6.42 Å². The standard InChI is InChI=1S/C13H11ClN2/c1-3-9-5-4-6-10-8(2)11(7-15)13(14)16-12(9)10/h4-6H,3H2,1-2H3. The Bertz CT molecular complexity index is 597. The van der Waals surface area contributed by atoms with Gasteiger partial charge in [-0.05, 0) is 24.5 Å². The van der Waals surface area contributed by atoms with Crippen LogP contribution in [0, 0.1) is 18.3 Å². The number of hydrogen-bond acceptors (Lipinski definition) is 2. The summed E-state index contributed by atoms with van der Waals surface area (Å²) in [6.07, 6.45) is 0.909. The molecule has 2 aromatic rings. The van der Waals surface area contributed by atoms with Crippen LogP contribution in [0.1, 0.15) is 23.6 Å². The molecule has 2 rings (SSSR count). The second-order valence-corrected chi connectivity index (χ2v) is 4.04. The lowest BCUT2D eigenvalue weighted by Gasteiger charge is -2.08. The topological polar surface area (TPSA) is 36.7 Å². The van der Waals surface area contributed by atoms with Crippen LogP contribution >= 0.6 is 11.6 Å². The maximum absolute atomic E-state index is 9.01. The smallest absolute Gasteiger partial charge is 0.147 e. The number of nitriles is 1. The highest BCUT2D eigenvalue weighted by atomic mass is 35.5. The van der Waals surface area contributed by atoms with Gasteiger partial charge < -0.3 is 0 Å². The van der Waals surface area contributed by atoms with Crippen LogP contribution in [0.4, 0.5) is 0 Å². The molecule has 0 amide bonds. The normalized spacial score (nSPS) is 10.4. The quantitative estimate of drug-likeness (QED) is 0.702. The van der Waals surface area contributed by atoms with E-state index in [4.69, 9.17) is 16.9 Å². The summed E-state index contributed by atoms with van der Waals surface area (Å²) in [5.74, 6) is 0. The number of rotatable bonds is 1. The number of halogens is 1. The van der Waals surface area contributed by atoms with E-state index in [9.17, 15) is 0 Å². The molecule has 0 atom stereocenters. The van der Waals surface area contributed by atoms with Crippen LogP contribution in [0.25, 0.3) is 10.9 Å². The Hall–Kier alpha value is -1.59. The van der Waals surface area contributed by atoms with E-state index >= 15 is 0 Å². The van der Waals surface area contributed by atoms with Gasteiger partial charge in [-0.25, -0.2) is 4.98 Å². The maximum Gasteiger partial charge on any atom is 0.147 e. The Morgan fingerprint density at radius 3 is 2.81 bits per heavy atom. The minimum atomic E-state index is 0.299. The maximum atomic E-state index is 9.01. The Labute approximate surface area is 99.5 Å². The zero-order valence-corrected chi connectivity index (χ0v) is 9.97. The van der Waals surface area contributed by atoms with E-state index in [-0.39, 0.29) is 0 Å². The summed E-state index contributed by atoms with van der Waals surface area (Å²) in [6, 6.07) is 8.11. The highest BCUT2D eigenvalue weighted by Gasteiger charge is 2.11. The van der Waals surface area contributed by atoms with Crippen molar-refractivity contribution in [2.45, 2.75) is 20.3 Å². The lowest BCUT2D eigenvalue weighted by molar-refractivity contribution is 1.14. The van der Waals surface area contributed by atoms with Crippen LogP contribution in [0.2, 0.25) is 5.15 Å². The molecule has 0 N–H and O–H groups in total. The number of nitrogens with zero attached hydrogens (tertiary/aromatic N) is 2. The molecule has 0 spiro atoms. The van der Waals surface area contributed by atoms with Gasteiger partial charge in [0.25, 0.3) is 0 Å². The lowest BCUT2D eigenvalue weighted by atomic mass is 10.0. The Morgan fingerprint density at radius 2 is 2.19 bits per heavy atom. The number of aromatic nitrogens is 1. The molecule has 1 aromatic heterocycles. The van der Waals surface area contributed by atoms with Gasteiger partial charge in [0, 0.05) is 5.39 Å². The second kappa shape index (κ2) is 4.11. The molecule has 3 heteroatoms. The van der Waals surface area contributed by atoms with Crippen molar-refractivity contribution in [2.24, 2.45) is 0 Å². The SMILES string of the molecule is CCc1cccc2c(C)c(C#N)c(Cl)nc12. The van der Waals surface area contributed by atoms with Gasteiger partial charge in [0.05, 0.1) is 11.1 Å². The largest absolute Gasteiger partial charge is 0.234 e. The molecule has 1 heterocycles. The molecule has 0 aliphatic carbocycles. The zero-order chi connectivity index (χ0) is 11.7. The Balaban J connectivity index is 2.93. The van der Waals surface area contributed by atoms with Crippen molar-refractivity contribution in [3.63, 3.8) is 0 Å². The number of fused-ring (bicyclic) bond motifs is 1. The number of benzene rings is 1. The molecule has 0 bridgehead atoms.